The van der Waals surface area contributed by atoms with E-state index >= 15 is 0 Å². The summed E-state index contributed by atoms with van der Waals surface area (Å²) in [6.45, 7) is 1.36. The zero-order chi connectivity index (χ0) is 19.6. The van der Waals surface area contributed by atoms with Gasteiger partial charge in [0.25, 0.3) is 15.9 Å². The maximum Gasteiger partial charge on any atom is 0.283 e. The zero-order valence-corrected chi connectivity index (χ0v) is 14.9. The van der Waals surface area contributed by atoms with Gasteiger partial charge in [-0.05, 0) is 49.4 Å². The maximum absolute atomic E-state index is 13.0. The molecule has 0 aliphatic heterocycles. The highest BCUT2D eigenvalue weighted by atomic mass is 32.2. The number of amides is 1. The molecule has 1 heterocycles. The Morgan fingerprint density at radius 1 is 1.04 bits per heavy atom. The van der Waals surface area contributed by atoms with Crippen LogP contribution in [0.25, 0.3) is 11.3 Å². The van der Waals surface area contributed by atoms with Gasteiger partial charge in [-0.2, -0.15) is 5.10 Å². The van der Waals surface area contributed by atoms with Crippen LogP contribution in [-0.4, -0.2) is 30.3 Å². The Kier molecular flexibility index (Phi) is 4.87. The molecule has 0 aliphatic rings. The van der Waals surface area contributed by atoms with Crippen molar-refractivity contribution in [2.75, 3.05) is 0 Å². The van der Waals surface area contributed by atoms with Crippen molar-refractivity contribution in [2.45, 2.75) is 11.8 Å². The lowest BCUT2D eigenvalue weighted by Crippen LogP contribution is -2.30. The van der Waals surface area contributed by atoms with E-state index in [4.69, 9.17) is 0 Å². The Balaban J connectivity index is 1.78. The number of carbonyl (C=O) groups is 2. The van der Waals surface area contributed by atoms with Gasteiger partial charge in [0, 0.05) is 11.1 Å². The quantitative estimate of drug-likeness (QED) is 0.654. The van der Waals surface area contributed by atoms with Crippen LogP contribution in [0.1, 0.15) is 27.8 Å². The van der Waals surface area contributed by atoms with Crippen LogP contribution < -0.4 is 4.72 Å². The lowest BCUT2D eigenvalue weighted by Gasteiger charge is -2.06. The van der Waals surface area contributed by atoms with E-state index in [-0.39, 0.29) is 16.4 Å². The molecule has 27 heavy (non-hydrogen) atoms. The van der Waals surface area contributed by atoms with Crippen molar-refractivity contribution < 1.29 is 22.4 Å². The molecule has 2 N–H and O–H groups in total. The lowest BCUT2D eigenvalue weighted by atomic mass is 10.1. The third kappa shape index (κ3) is 4.09. The van der Waals surface area contributed by atoms with Gasteiger partial charge >= 0.3 is 0 Å². The van der Waals surface area contributed by atoms with Crippen molar-refractivity contribution in [1.29, 1.82) is 0 Å². The van der Waals surface area contributed by atoms with Crippen LogP contribution in [0.2, 0.25) is 0 Å². The van der Waals surface area contributed by atoms with E-state index in [1.54, 1.807) is 0 Å². The molecule has 2 aromatic carbocycles. The zero-order valence-electron chi connectivity index (χ0n) is 14.1. The standard InChI is InChI=1S/C18H14FN3O4S/c1-11(23)12-4-8-15(9-5-12)27(25,26)22-18(24)17-10-16(20-21-17)13-2-6-14(19)7-3-13/h2-10H,1H3,(H,20,21)(H,22,24). The van der Waals surface area contributed by atoms with E-state index in [1.165, 1.54) is 61.5 Å². The number of benzene rings is 2. The fraction of sp³-hybridized carbons (Fsp3) is 0.0556. The number of rotatable bonds is 5. The monoisotopic (exact) mass is 387 g/mol. The van der Waals surface area contributed by atoms with Crippen molar-refractivity contribution in [3.05, 3.63) is 71.7 Å². The fourth-order valence-electron chi connectivity index (χ4n) is 2.31. The maximum atomic E-state index is 13.0. The Labute approximate surface area is 154 Å². The largest absolute Gasteiger partial charge is 0.295 e. The molecule has 9 heteroatoms. The van der Waals surface area contributed by atoms with Gasteiger partial charge in [0.2, 0.25) is 0 Å². The SMILES string of the molecule is CC(=O)c1ccc(S(=O)(=O)NC(=O)c2cc(-c3ccc(F)cc3)n[nH]2)cc1. The number of ketones is 1. The van der Waals surface area contributed by atoms with Crippen LogP contribution in [-0.2, 0) is 10.0 Å². The molecule has 0 aliphatic carbocycles. The average Bonchev–Trinajstić information content (AvgIpc) is 3.12. The highest BCUT2D eigenvalue weighted by Gasteiger charge is 2.20. The second kappa shape index (κ2) is 7.12. The Bertz CT molecular complexity index is 1100. The van der Waals surface area contributed by atoms with Gasteiger partial charge in [-0.1, -0.05) is 12.1 Å². The molecule has 0 fully saturated rings. The minimum absolute atomic E-state index is 0.0711. The molecule has 3 aromatic rings. The summed E-state index contributed by atoms with van der Waals surface area (Å²) >= 11 is 0. The molecule has 0 unspecified atom stereocenters. The first kappa shape index (κ1) is 18.5. The smallest absolute Gasteiger partial charge is 0.283 e. The van der Waals surface area contributed by atoms with Crippen molar-refractivity contribution in [2.24, 2.45) is 0 Å². The van der Waals surface area contributed by atoms with Gasteiger partial charge in [0.1, 0.15) is 11.5 Å². The van der Waals surface area contributed by atoms with Gasteiger partial charge < -0.3 is 0 Å². The third-order valence-corrected chi connectivity index (χ3v) is 5.11. The van der Waals surface area contributed by atoms with Crippen LogP contribution >= 0.6 is 0 Å². The van der Waals surface area contributed by atoms with Gasteiger partial charge in [0.05, 0.1) is 10.6 Å². The van der Waals surface area contributed by atoms with Gasteiger partial charge in [-0.25, -0.2) is 17.5 Å². The second-order valence-electron chi connectivity index (χ2n) is 5.69. The second-order valence-corrected chi connectivity index (χ2v) is 7.37. The number of hydrogen-bond donors (Lipinski definition) is 2. The summed E-state index contributed by atoms with van der Waals surface area (Å²) in [7, 11) is -4.12. The van der Waals surface area contributed by atoms with E-state index in [2.05, 4.69) is 10.2 Å². The van der Waals surface area contributed by atoms with E-state index in [9.17, 15) is 22.4 Å². The summed E-state index contributed by atoms with van der Waals surface area (Å²) in [5, 5.41) is 6.38. The number of nitrogens with zero attached hydrogens (tertiary/aromatic N) is 1. The number of aromatic nitrogens is 2. The fourth-order valence-corrected chi connectivity index (χ4v) is 3.28. The number of Topliss-reactive ketones (excluding diaryl/α,β-unsaturated/α-hetero) is 1. The molecule has 1 aromatic heterocycles. The van der Waals surface area contributed by atoms with Crippen LogP contribution in [0, 0.1) is 5.82 Å². The molecule has 0 bridgehead atoms. The number of carbonyl (C=O) groups excluding carboxylic acids is 2. The average molecular weight is 387 g/mol. The van der Waals surface area contributed by atoms with E-state index in [0.717, 1.165) is 0 Å². The van der Waals surface area contributed by atoms with Crippen LogP contribution in [0.4, 0.5) is 4.39 Å². The molecule has 0 radical (unpaired) electrons. The van der Waals surface area contributed by atoms with Crippen LogP contribution in [0.15, 0.2) is 59.5 Å². The van der Waals surface area contributed by atoms with E-state index in [1.807, 2.05) is 4.72 Å². The summed E-state index contributed by atoms with van der Waals surface area (Å²) in [5.41, 5.74) is 1.22. The summed E-state index contributed by atoms with van der Waals surface area (Å²) < 4.78 is 39.5. The highest BCUT2D eigenvalue weighted by molar-refractivity contribution is 7.90. The van der Waals surface area contributed by atoms with Gasteiger partial charge in [-0.3, -0.25) is 14.7 Å². The first-order valence-corrected chi connectivity index (χ1v) is 9.24. The molecule has 0 atom stereocenters. The minimum Gasteiger partial charge on any atom is -0.295 e. The summed E-state index contributed by atoms with van der Waals surface area (Å²) in [5.74, 6) is -1.51. The highest BCUT2D eigenvalue weighted by Crippen LogP contribution is 2.18. The van der Waals surface area contributed by atoms with E-state index in [0.29, 0.717) is 16.8 Å². The molecular weight excluding hydrogens is 373 g/mol. The normalized spacial score (nSPS) is 11.2. The summed E-state index contributed by atoms with van der Waals surface area (Å²) in [6.07, 6.45) is 0. The minimum atomic E-state index is -4.12. The summed E-state index contributed by atoms with van der Waals surface area (Å²) in [4.78, 5) is 23.3. The van der Waals surface area contributed by atoms with Crippen molar-refractivity contribution in [3.63, 3.8) is 0 Å². The van der Waals surface area contributed by atoms with Crippen molar-refractivity contribution >= 4 is 21.7 Å². The number of sulfonamides is 1. The molecule has 1 amide bonds. The molecular formula is C18H14FN3O4S. The van der Waals surface area contributed by atoms with Gasteiger partial charge in [-0.15, -0.1) is 0 Å². The van der Waals surface area contributed by atoms with Crippen LogP contribution in [0.5, 0.6) is 0 Å². The first-order valence-electron chi connectivity index (χ1n) is 7.76. The van der Waals surface area contributed by atoms with Crippen molar-refractivity contribution in [3.8, 4) is 11.3 Å². The molecule has 0 saturated heterocycles. The lowest BCUT2D eigenvalue weighted by molar-refractivity contribution is 0.0974. The molecule has 0 spiro atoms. The number of H-pyrrole nitrogens is 1. The van der Waals surface area contributed by atoms with Crippen molar-refractivity contribution in [1.82, 2.24) is 14.9 Å². The predicted molar refractivity (Wildman–Crippen MR) is 95.1 cm³/mol. The predicted octanol–water partition coefficient (Wildman–Crippen LogP) is 2.54. The Morgan fingerprint density at radius 3 is 2.26 bits per heavy atom. The topological polar surface area (TPSA) is 109 Å². The number of nitrogens with one attached hydrogen (secondary N) is 2. The third-order valence-electron chi connectivity index (χ3n) is 3.76. The first-order chi connectivity index (χ1) is 12.8. The van der Waals surface area contributed by atoms with Crippen LogP contribution in [0.3, 0.4) is 0 Å². The van der Waals surface area contributed by atoms with Gasteiger partial charge in [0.15, 0.2) is 5.78 Å². The van der Waals surface area contributed by atoms with E-state index < -0.39 is 21.7 Å². The molecule has 7 nitrogen and oxygen atoms in total. The number of hydrogen-bond acceptors (Lipinski definition) is 5. The Morgan fingerprint density at radius 2 is 1.67 bits per heavy atom. The molecule has 138 valence electrons. The number of halogens is 1. The molecule has 3 rings (SSSR count). The Hall–Kier alpha value is -3.33. The number of aromatic amines is 1. The summed E-state index contributed by atoms with van der Waals surface area (Å²) in [6, 6.07) is 12.0. The molecule has 0 saturated carbocycles.